The fourth-order valence-electron chi connectivity index (χ4n) is 1.02. The van der Waals surface area contributed by atoms with Crippen molar-refractivity contribution in [2.24, 2.45) is 10.9 Å². The minimum Gasteiger partial charge on any atom is -0.444 e. The number of oxazole rings is 1. The Bertz CT molecular complexity index is 335. The highest BCUT2D eigenvalue weighted by molar-refractivity contribution is 5.84. The number of nitrogens with zero attached hydrogens (tertiary/aromatic N) is 2. The SMILES string of the molecule is CCc1cnc(CNC(C)C(N)=NO)o1. The molecule has 4 N–H and O–H groups in total. The van der Waals surface area contributed by atoms with Crippen molar-refractivity contribution in [1.29, 1.82) is 0 Å². The molecule has 0 bridgehead atoms. The Morgan fingerprint density at radius 3 is 3.07 bits per heavy atom. The summed E-state index contributed by atoms with van der Waals surface area (Å²) in [6.07, 6.45) is 2.52. The molecule has 1 aromatic heterocycles. The molecule has 6 heteroatoms. The summed E-state index contributed by atoms with van der Waals surface area (Å²) < 4.78 is 5.38. The van der Waals surface area contributed by atoms with E-state index in [1.54, 1.807) is 13.1 Å². The van der Waals surface area contributed by atoms with Crippen LogP contribution in [-0.2, 0) is 13.0 Å². The van der Waals surface area contributed by atoms with E-state index < -0.39 is 0 Å². The van der Waals surface area contributed by atoms with E-state index in [0.29, 0.717) is 12.4 Å². The molecular weight excluding hydrogens is 196 g/mol. The van der Waals surface area contributed by atoms with Crippen molar-refractivity contribution in [2.45, 2.75) is 32.9 Å². The van der Waals surface area contributed by atoms with Gasteiger partial charge >= 0.3 is 0 Å². The van der Waals surface area contributed by atoms with Crippen LogP contribution in [0.1, 0.15) is 25.5 Å². The number of rotatable bonds is 5. The molecule has 0 amide bonds. The molecule has 15 heavy (non-hydrogen) atoms. The molecule has 6 nitrogen and oxygen atoms in total. The highest BCUT2D eigenvalue weighted by Gasteiger charge is 2.08. The fraction of sp³-hybridized carbons (Fsp3) is 0.556. The van der Waals surface area contributed by atoms with Crippen LogP contribution >= 0.6 is 0 Å². The maximum atomic E-state index is 8.43. The Labute approximate surface area is 88.2 Å². The van der Waals surface area contributed by atoms with Crippen LogP contribution in [0, 0.1) is 0 Å². The number of nitrogens with one attached hydrogen (secondary N) is 1. The first-order chi connectivity index (χ1) is 7.17. The minimum absolute atomic E-state index is 0.136. The second-order valence-electron chi connectivity index (χ2n) is 3.20. The lowest BCUT2D eigenvalue weighted by Crippen LogP contribution is -2.38. The number of nitrogens with two attached hydrogens (primary N) is 1. The average Bonchev–Trinajstić information content (AvgIpc) is 2.72. The van der Waals surface area contributed by atoms with Crippen molar-refractivity contribution in [1.82, 2.24) is 10.3 Å². The van der Waals surface area contributed by atoms with Gasteiger partial charge in [-0.1, -0.05) is 12.1 Å². The Kier molecular flexibility index (Phi) is 4.11. The zero-order chi connectivity index (χ0) is 11.3. The molecule has 0 aliphatic carbocycles. The lowest BCUT2D eigenvalue weighted by atomic mass is 10.3. The molecule has 1 unspecified atom stereocenters. The zero-order valence-electron chi connectivity index (χ0n) is 8.90. The van der Waals surface area contributed by atoms with Crippen molar-refractivity contribution >= 4 is 5.84 Å². The normalized spacial score (nSPS) is 14.1. The van der Waals surface area contributed by atoms with Crippen LogP contribution in [0.25, 0.3) is 0 Å². The monoisotopic (exact) mass is 212 g/mol. The summed E-state index contributed by atoms with van der Waals surface area (Å²) >= 11 is 0. The van der Waals surface area contributed by atoms with Gasteiger partial charge in [0, 0.05) is 6.42 Å². The van der Waals surface area contributed by atoms with Crippen LogP contribution in [-0.4, -0.2) is 22.1 Å². The van der Waals surface area contributed by atoms with Crippen LogP contribution in [0.4, 0.5) is 0 Å². The number of hydrogen-bond donors (Lipinski definition) is 3. The molecule has 1 atom stereocenters. The van der Waals surface area contributed by atoms with Gasteiger partial charge < -0.3 is 15.4 Å². The first-order valence-electron chi connectivity index (χ1n) is 4.81. The largest absolute Gasteiger partial charge is 0.444 e. The van der Waals surface area contributed by atoms with E-state index in [2.05, 4.69) is 15.5 Å². The predicted molar refractivity (Wildman–Crippen MR) is 55.6 cm³/mol. The predicted octanol–water partition coefficient (Wildman–Crippen LogP) is 0.461. The van der Waals surface area contributed by atoms with Crippen molar-refractivity contribution in [2.75, 3.05) is 0 Å². The Morgan fingerprint density at radius 2 is 2.53 bits per heavy atom. The maximum Gasteiger partial charge on any atom is 0.208 e. The number of aromatic nitrogens is 1. The molecule has 0 spiro atoms. The van der Waals surface area contributed by atoms with E-state index in [9.17, 15) is 0 Å². The van der Waals surface area contributed by atoms with E-state index in [0.717, 1.165) is 12.2 Å². The number of hydrogen-bond acceptors (Lipinski definition) is 5. The van der Waals surface area contributed by atoms with Gasteiger partial charge in [-0.05, 0) is 6.92 Å². The van der Waals surface area contributed by atoms with E-state index >= 15 is 0 Å². The lowest BCUT2D eigenvalue weighted by Gasteiger charge is -2.09. The third-order valence-electron chi connectivity index (χ3n) is 2.07. The molecule has 0 aliphatic heterocycles. The quantitative estimate of drug-likeness (QED) is 0.285. The van der Waals surface area contributed by atoms with Crippen LogP contribution in [0.3, 0.4) is 0 Å². The van der Waals surface area contributed by atoms with Crippen molar-refractivity contribution in [3.05, 3.63) is 17.8 Å². The van der Waals surface area contributed by atoms with Gasteiger partial charge in [0.25, 0.3) is 0 Å². The molecule has 0 aliphatic rings. The highest BCUT2D eigenvalue weighted by atomic mass is 16.4. The van der Waals surface area contributed by atoms with E-state index in [1.807, 2.05) is 6.92 Å². The van der Waals surface area contributed by atoms with Crippen LogP contribution < -0.4 is 11.1 Å². The number of oxime groups is 1. The van der Waals surface area contributed by atoms with Gasteiger partial charge in [-0.25, -0.2) is 4.98 Å². The molecule has 0 saturated carbocycles. The van der Waals surface area contributed by atoms with E-state index in [4.69, 9.17) is 15.4 Å². The van der Waals surface area contributed by atoms with Gasteiger partial charge in [-0.3, -0.25) is 5.32 Å². The Morgan fingerprint density at radius 1 is 1.80 bits per heavy atom. The minimum atomic E-state index is -0.216. The number of aryl methyl sites for hydroxylation is 1. The number of amidine groups is 1. The van der Waals surface area contributed by atoms with Gasteiger partial charge in [-0.2, -0.15) is 0 Å². The summed E-state index contributed by atoms with van der Waals surface area (Å²) in [7, 11) is 0. The molecule has 0 radical (unpaired) electrons. The van der Waals surface area contributed by atoms with Crippen molar-refractivity contribution in [3.63, 3.8) is 0 Å². The van der Waals surface area contributed by atoms with Gasteiger partial charge in [0.2, 0.25) is 5.89 Å². The lowest BCUT2D eigenvalue weighted by molar-refractivity contribution is 0.314. The second-order valence-corrected chi connectivity index (χ2v) is 3.20. The molecule has 0 fully saturated rings. The van der Waals surface area contributed by atoms with Crippen molar-refractivity contribution < 1.29 is 9.62 Å². The first kappa shape index (κ1) is 11.5. The summed E-state index contributed by atoms with van der Waals surface area (Å²) in [6.45, 7) is 4.24. The average molecular weight is 212 g/mol. The molecule has 84 valence electrons. The topological polar surface area (TPSA) is 96.7 Å². The van der Waals surface area contributed by atoms with Crippen LogP contribution in [0.5, 0.6) is 0 Å². The van der Waals surface area contributed by atoms with Gasteiger partial charge in [-0.15, -0.1) is 0 Å². The first-order valence-corrected chi connectivity index (χ1v) is 4.81. The standard InChI is InChI=1S/C9H16N4O2/c1-3-7-4-12-8(15-7)5-11-6(2)9(10)13-14/h4,6,11,14H,3,5H2,1-2H3,(H2,10,13). The third-order valence-corrected chi connectivity index (χ3v) is 2.07. The van der Waals surface area contributed by atoms with E-state index in [1.165, 1.54) is 0 Å². The summed E-state index contributed by atoms with van der Waals surface area (Å²) in [4.78, 5) is 4.07. The Hall–Kier alpha value is -1.56. The van der Waals surface area contributed by atoms with Gasteiger partial charge in [0.1, 0.15) is 5.76 Å². The highest BCUT2D eigenvalue weighted by Crippen LogP contribution is 2.03. The molecular formula is C9H16N4O2. The van der Waals surface area contributed by atoms with Crippen LogP contribution in [0.2, 0.25) is 0 Å². The zero-order valence-corrected chi connectivity index (χ0v) is 8.90. The molecule has 0 saturated heterocycles. The van der Waals surface area contributed by atoms with Crippen LogP contribution in [0.15, 0.2) is 15.8 Å². The molecule has 1 heterocycles. The second kappa shape index (κ2) is 5.35. The summed E-state index contributed by atoms with van der Waals surface area (Å²) in [5.41, 5.74) is 5.40. The van der Waals surface area contributed by atoms with Gasteiger partial charge in [0.05, 0.1) is 18.8 Å². The molecule has 0 aromatic carbocycles. The summed E-state index contributed by atoms with van der Waals surface area (Å²) in [5.74, 6) is 1.59. The fourth-order valence-corrected chi connectivity index (χ4v) is 1.02. The molecule has 1 rings (SSSR count). The van der Waals surface area contributed by atoms with Gasteiger partial charge in [0.15, 0.2) is 5.84 Å². The Balaban J connectivity index is 2.43. The maximum absolute atomic E-state index is 8.43. The van der Waals surface area contributed by atoms with E-state index in [-0.39, 0.29) is 11.9 Å². The van der Waals surface area contributed by atoms with Crippen molar-refractivity contribution in [3.8, 4) is 0 Å². The summed E-state index contributed by atoms with van der Waals surface area (Å²) in [6, 6.07) is -0.216. The molecule has 1 aromatic rings. The smallest absolute Gasteiger partial charge is 0.208 e. The summed E-state index contributed by atoms with van der Waals surface area (Å²) in [5, 5.41) is 14.3. The third kappa shape index (κ3) is 3.25.